The zero-order valence-corrected chi connectivity index (χ0v) is 16.7. The number of hydrogen-bond acceptors (Lipinski definition) is 3. The highest BCUT2D eigenvalue weighted by Gasteiger charge is 2.19. The van der Waals surface area contributed by atoms with Crippen LogP contribution in [0.1, 0.15) is 59.6 Å². The van der Waals surface area contributed by atoms with Crippen molar-refractivity contribution in [2.75, 3.05) is 6.54 Å². The smallest absolute Gasteiger partial charge is 0.407 e. The lowest BCUT2D eigenvalue weighted by Crippen LogP contribution is -2.44. The molecule has 4 nitrogen and oxygen atoms in total. The van der Waals surface area contributed by atoms with Crippen molar-refractivity contribution in [1.29, 1.82) is 0 Å². The number of amides is 1. The van der Waals surface area contributed by atoms with Crippen LogP contribution in [-0.4, -0.2) is 24.3 Å². The van der Waals surface area contributed by atoms with Crippen LogP contribution in [0, 0.1) is 11.7 Å². The topological polar surface area (TPSA) is 50.4 Å². The molecule has 6 heteroatoms. The van der Waals surface area contributed by atoms with Crippen LogP contribution in [-0.2, 0) is 4.74 Å². The predicted octanol–water partition coefficient (Wildman–Crippen LogP) is 5.07. The minimum atomic E-state index is -0.525. The van der Waals surface area contributed by atoms with Crippen LogP contribution in [0.4, 0.5) is 9.18 Å². The zero-order chi connectivity index (χ0) is 19.2. The molecule has 0 aromatic heterocycles. The summed E-state index contributed by atoms with van der Waals surface area (Å²) in [5, 5.41) is 6.40. The SMILES string of the molecule is CC(C)CC(CNC(=O)OC(C)(C)C)NC(C)c1ccc(F)c(Cl)c1. The Labute approximate surface area is 155 Å². The van der Waals surface area contributed by atoms with Gasteiger partial charge in [-0.15, -0.1) is 0 Å². The fraction of sp³-hybridized carbons (Fsp3) is 0.632. The van der Waals surface area contributed by atoms with E-state index in [1.54, 1.807) is 12.1 Å². The molecule has 2 N–H and O–H groups in total. The number of nitrogens with one attached hydrogen (secondary N) is 2. The van der Waals surface area contributed by atoms with Gasteiger partial charge in [0, 0.05) is 18.6 Å². The first kappa shape index (κ1) is 21.7. The molecule has 0 bridgehead atoms. The molecule has 0 aliphatic heterocycles. The molecule has 0 aliphatic rings. The molecule has 1 rings (SSSR count). The monoisotopic (exact) mass is 372 g/mol. The standard InChI is InChI=1S/C19H30ClFN2O2/c1-12(2)9-15(11-22-18(24)25-19(4,5)6)23-13(3)14-7-8-17(21)16(20)10-14/h7-8,10,12-13,15,23H,9,11H2,1-6H3,(H,22,24). The Morgan fingerprint density at radius 1 is 1.28 bits per heavy atom. The van der Waals surface area contributed by atoms with Crippen molar-refractivity contribution < 1.29 is 13.9 Å². The summed E-state index contributed by atoms with van der Waals surface area (Å²) in [6, 6.07) is 4.75. The Bertz CT molecular complexity index is 573. The molecule has 2 atom stereocenters. The van der Waals surface area contributed by atoms with Gasteiger partial charge in [-0.3, -0.25) is 0 Å². The number of carbonyl (C=O) groups excluding carboxylic acids is 1. The van der Waals surface area contributed by atoms with Crippen molar-refractivity contribution in [2.45, 2.75) is 65.6 Å². The van der Waals surface area contributed by atoms with Gasteiger partial charge in [0.25, 0.3) is 0 Å². The number of benzene rings is 1. The van der Waals surface area contributed by atoms with Crippen LogP contribution < -0.4 is 10.6 Å². The summed E-state index contributed by atoms with van der Waals surface area (Å²) < 4.78 is 18.6. The molecule has 0 fully saturated rings. The van der Waals surface area contributed by atoms with Gasteiger partial charge in [0.15, 0.2) is 0 Å². The lowest BCUT2D eigenvalue weighted by atomic mass is 10.0. The van der Waals surface area contributed by atoms with Crippen molar-refractivity contribution in [3.8, 4) is 0 Å². The average molecular weight is 373 g/mol. The molecule has 142 valence electrons. The van der Waals surface area contributed by atoms with Crippen molar-refractivity contribution >= 4 is 17.7 Å². The summed E-state index contributed by atoms with van der Waals surface area (Å²) in [6.45, 7) is 12.2. The Morgan fingerprint density at radius 2 is 1.92 bits per heavy atom. The van der Waals surface area contributed by atoms with Gasteiger partial charge in [-0.05, 0) is 57.7 Å². The van der Waals surface area contributed by atoms with E-state index in [-0.39, 0.29) is 17.1 Å². The first-order valence-corrected chi connectivity index (χ1v) is 9.03. The Kier molecular flexibility index (Phi) is 8.16. The highest BCUT2D eigenvalue weighted by molar-refractivity contribution is 6.30. The van der Waals surface area contributed by atoms with E-state index in [4.69, 9.17) is 16.3 Å². The van der Waals surface area contributed by atoms with E-state index in [1.807, 2.05) is 27.7 Å². The minimum Gasteiger partial charge on any atom is -0.444 e. The fourth-order valence-corrected chi connectivity index (χ4v) is 2.72. The molecule has 0 saturated carbocycles. The molecule has 0 spiro atoms. The summed E-state index contributed by atoms with van der Waals surface area (Å²) in [5.74, 6) is 0.0323. The van der Waals surface area contributed by atoms with Crippen LogP contribution in [0.25, 0.3) is 0 Å². The molecule has 0 saturated heterocycles. The molecule has 0 heterocycles. The average Bonchev–Trinajstić information content (AvgIpc) is 2.45. The molecular formula is C19H30ClFN2O2. The maximum absolute atomic E-state index is 13.3. The van der Waals surface area contributed by atoms with Crippen molar-refractivity contribution in [3.63, 3.8) is 0 Å². The fourth-order valence-electron chi connectivity index (χ4n) is 2.53. The highest BCUT2D eigenvalue weighted by atomic mass is 35.5. The minimum absolute atomic E-state index is 0.0257. The second-order valence-electron chi connectivity index (χ2n) is 7.77. The van der Waals surface area contributed by atoms with E-state index in [2.05, 4.69) is 24.5 Å². The largest absolute Gasteiger partial charge is 0.444 e. The molecular weight excluding hydrogens is 343 g/mol. The number of hydrogen-bond donors (Lipinski definition) is 2. The lowest BCUT2D eigenvalue weighted by Gasteiger charge is -2.26. The maximum atomic E-state index is 13.3. The Balaban J connectivity index is 2.68. The van der Waals surface area contributed by atoms with Crippen molar-refractivity contribution in [2.24, 2.45) is 5.92 Å². The molecule has 1 aromatic rings. The molecule has 0 aliphatic carbocycles. The van der Waals surface area contributed by atoms with E-state index in [9.17, 15) is 9.18 Å². The molecule has 0 radical (unpaired) electrons. The van der Waals surface area contributed by atoms with E-state index in [0.29, 0.717) is 12.5 Å². The third kappa shape index (κ3) is 8.54. The molecule has 25 heavy (non-hydrogen) atoms. The predicted molar refractivity (Wildman–Crippen MR) is 100 cm³/mol. The van der Waals surface area contributed by atoms with Crippen LogP contribution >= 0.6 is 11.6 Å². The Morgan fingerprint density at radius 3 is 2.44 bits per heavy atom. The summed E-state index contributed by atoms with van der Waals surface area (Å²) in [6.07, 6.45) is 0.454. The number of rotatable bonds is 7. The van der Waals surface area contributed by atoms with Crippen molar-refractivity contribution in [3.05, 3.63) is 34.6 Å². The van der Waals surface area contributed by atoms with E-state index in [0.717, 1.165) is 12.0 Å². The zero-order valence-electron chi connectivity index (χ0n) is 16.0. The van der Waals surface area contributed by atoms with E-state index < -0.39 is 17.5 Å². The quantitative estimate of drug-likeness (QED) is 0.702. The summed E-state index contributed by atoms with van der Waals surface area (Å²) in [4.78, 5) is 11.9. The van der Waals surface area contributed by atoms with Gasteiger partial charge in [0.1, 0.15) is 11.4 Å². The molecule has 2 unspecified atom stereocenters. The maximum Gasteiger partial charge on any atom is 0.407 e. The van der Waals surface area contributed by atoms with Crippen LogP contribution in [0.3, 0.4) is 0 Å². The van der Waals surface area contributed by atoms with Gasteiger partial charge < -0.3 is 15.4 Å². The number of halogens is 2. The first-order valence-electron chi connectivity index (χ1n) is 8.65. The summed E-state index contributed by atoms with van der Waals surface area (Å²) in [7, 11) is 0. The van der Waals surface area contributed by atoms with Gasteiger partial charge in [0.05, 0.1) is 5.02 Å². The van der Waals surface area contributed by atoms with Crippen LogP contribution in [0.5, 0.6) is 0 Å². The second kappa shape index (κ2) is 9.39. The van der Waals surface area contributed by atoms with Crippen LogP contribution in [0.15, 0.2) is 18.2 Å². The van der Waals surface area contributed by atoms with E-state index >= 15 is 0 Å². The second-order valence-corrected chi connectivity index (χ2v) is 8.18. The Hall–Kier alpha value is -1.33. The molecule has 1 aromatic carbocycles. The normalized spacial score (nSPS) is 14.3. The van der Waals surface area contributed by atoms with Crippen LogP contribution in [0.2, 0.25) is 5.02 Å². The van der Waals surface area contributed by atoms with Gasteiger partial charge >= 0.3 is 6.09 Å². The van der Waals surface area contributed by atoms with Gasteiger partial charge in [-0.2, -0.15) is 0 Å². The van der Waals surface area contributed by atoms with Gasteiger partial charge in [-0.1, -0.05) is 31.5 Å². The third-order valence-corrected chi connectivity index (χ3v) is 3.87. The summed E-state index contributed by atoms with van der Waals surface area (Å²) in [5.41, 5.74) is 0.376. The third-order valence-electron chi connectivity index (χ3n) is 3.58. The van der Waals surface area contributed by atoms with E-state index in [1.165, 1.54) is 6.07 Å². The number of carbonyl (C=O) groups is 1. The van der Waals surface area contributed by atoms with Gasteiger partial charge in [-0.25, -0.2) is 9.18 Å². The summed E-state index contributed by atoms with van der Waals surface area (Å²) >= 11 is 5.87. The molecule has 1 amide bonds. The highest BCUT2D eigenvalue weighted by Crippen LogP contribution is 2.21. The van der Waals surface area contributed by atoms with Gasteiger partial charge in [0.2, 0.25) is 0 Å². The first-order chi connectivity index (χ1) is 11.5. The number of alkyl carbamates (subject to hydrolysis) is 1. The number of ether oxygens (including phenoxy) is 1. The lowest BCUT2D eigenvalue weighted by molar-refractivity contribution is 0.0520. The van der Waals surface area contributed by atoms with Crippen molar-refractivity contribution in [1.82, 2.24) is 10.6 Å².